The van der Waals surface area contributed by atoms with Crippen molar-refractivity contribution in [1.29, 1.82) is 0 Å². The molecule has 1 heterocycles. The Morgan fingerprint density at radius 2 is 1.94 bits per heavy atom. The number of hydrogen-bond acceptors (Lipinski definition) is 3. The summed E-state index contributed by atoms with van der Waals surface area (Å²) >= 11 is 4.23. The van der Waals surface area contributed by atoms with Crippen LogP contribution >= 0.6 is 12.6 Å². The Labute approximate surface area is 106 Å². The second kappa shape index (κ2) is 6.87. The van der Waals surface area contributed by atoms with E-state index in [9.17, 15) is 0 Å². The van der Waals surface area contributed by atoms with Gasteiger partial charge in [0.25, 0.3) is 0 Å². The third kappa shape index (κ3) is 5.55. The van der Waals surface area contributed by atoms with E-state index in [4.69, 9.17) is 4.74 Å². The molecule has 0 N–H and O–H groups in total. The summed E-state index contributed by atoms with van der Waals surface area (Å²) in [5.41, 5.74) is 0.0305. The Kier molecular flexibility index (Phi) is 6.16. The van der Waals surface area contributed by atoms with Gasteiger partial charge >= 0.3 is 0 Å². The second-order valence-corrected chi connectivity index (χ2v) is 6.01. The van der Waals surface area contributed by atoms with Gasteiger partial charge in [0.15, 0.2) is 0 Å². The molecule has 1 aliphatic heterocycles. The highest BCUT2D eigenvalue weighted by Gasteiger charge is 2.30. The molecule has 1 atom stereocenters. The van der Waals surface area contributed by atoms with E-state index in [0.29, 0.717) is 6.10 Å². The summed E-state index contributed by atoms with van der Waals surface area (Å²) in [5, 5.41) is 0. The summed E-state index contributed by atoms with van der Waals surface area (Å²) in [4.78, 5) is 2.55. The lowest BCUT2D eigenvalue weighted by Gasteiger charge is -2.41. The Morgan fingerprint density at radius 1 is 1.25 bits per heavy atom. The van der Waals surface area contributed by atoms with Crippen molar-refractivity contribution in [3.63, 3.8) is 0 Å². The summed E-state index contributed by atoms with van der Waals surface area (Å²) in [6, 6.07) is 0. The van der Waals surface area contributed by atoms with Crippen molar-refractivity contribution in [2.24, 2.45) is 0 Å². The van der Waals surface area contributed by atoms with Crippen LogP contribution in [-0.2, 0) is 4.74 Å². The number of thiol groups is 1. The van der Waals surface area contributed by atoms with E-state index in [0.717, 1.165) is 18.8 Å². The monoisotopic (exact) mass is 245 g/mol. The summed E-state index contributed by atoms with van der Waals surface area (Å²) in [6.07, 6.45) is 5.62. The van der Waals surface area contributed by atoms with Crippen LogP contribution in [0.2, 0.25) is 0 Å². The van der Waals surface area contributed by atoms with Gasteiger partial charge in [-0.3, -0.25) is 4.90 Å². The Hall–Kier alpha value is 0.270. The topological polar surface area (TPSA) is 12.5 Å². The average molecular weight is 245 g/mol. The van der Waals surface area contributed by atoms with Crippen LogP contribution in [0.1, 0.15) is 46.5 Å². The molecule has 0 aromatic rings. The summed E-state index contributed by atoms with van der Waals surface area (Å²) in [6.45, 7) is 9.95. The Bertz CT molecular complexity index is 196. The molecule has 0 aromatic heterocycles. The van der Waals surface area contributed by atoms with Crippen molar-refractivity contribution in [3.05, 3.63) is 0 Å². The average Bonchev–Trinajstić information content (AvgIpc) is 2.14. The lowest BCUT2D eigenvalue weighted by atomic mass is 10.0. The zero-order chi connectivity index (χ0) is 12.0. The van der Waals surface area contributed by atoms with Crippen molar-refractivity contribution in [2.45, 2.75) is 58.2 Å². The summed E-state index contributed by atoms with van der Waals surface area (Å²) < 4.78 is 5.90. The molecule has 1 fully saturated rings. The van der Waals surface area contributed by atoms with Crippen LogP contribution in [0.5, 0.6) is 0 Å². The second-order valence-electron chi connectivity index (χ2n) is 5.56. The number of rotatable bonds is 6. The van der Waals surface area contributed by atoms with E-state index < -0.39 is 0 Å². The van der Waals surface area contributed by atoms with Gasteiger partial charge in [-0.2, -0.15) is 12.6 Å². The van der Waals surface area contributed by atoms with Crippen LogP contribution in [0, 0.1) is 0 Å². The lowest BCUT2D eigenvalue weighted by molar-refractivity contribution is -0.128. The van der Waals surface area contributed by atoms with Crippen LogP contribution in [0.15, 0.2) is 0 Å². The van der Waals surface area contributed by atoms with Gasteiger partial charge in [-0.05, 0) is 45.9 Å². The first-order chi connectivity index (χ1) is 7.53. The van der Waals surface area contributed by atoms with Crippen molar-refractivity contribution >= 4 is 12.6 Å². The third-order valence-corrected chi connectivity index (χ3v) is 3.34. The first-order valence-electron chi connectivity index (χ1n) is 6.54. The van der Waals surface area contributed by atoms with Crippen LogP contribution in [0.25, 0.3) is 0 Å². The first-order valence-corrected chi connectivity index (χ1v) is 7.18. The highest BCUT2D eigenvalue weighted by molar-refractivity contribution is 7.80. The molecule has 3 heteroatoms. The summed E-state index contributed by atoms with van der Waals surface area (Å²) in [5.74, 6) is 1.03. The normalized spacial score (nSPS) is 25.9. The quantitative estimate of drug-likeness (QED) is 0.570. The number of morpholine rings is 1. The molecular weight excluding hydrogens is 218 g/mol. The minimum atomic E-state index is 0.0305. The van der Waals surface area contributed by atoms with Gasteiger partial charge in [0.2, 0.25) is 0 Å². The maximum absolute atomic E-state index is 5.90. The van der Waals surface area contributed by atoms with Gasteiger partial charge in [-0.15, -0.1) is 0 Å². The highest BCUT2D eigenvalue weighted by atomic mass is 32.1. The van der Waals surface area contributed by atoms with Crippen LogP contribution in [0.3, 0.4) is 0 Å². The molecule has 96 valence electrons. The SMILES string of the molecule is CC1CN(CCCCCCS)CC(C)(C)O1. The molecule has 1 rings (SSSR count). The first kappa shape index (κ1) is 14.3. The van der Waals surface area contributed by atoms with Crippen LogP contribution < -0.4 is 0 Å². The van der Waals surface area contributed by atoms with E-state index >= 15 is 0 Å². The fourth-order valence-corrected chi connectivity index (χ4v) is 2.78. The van der Waals surface area contributed by atoms with Crippen molar-refractivity contribution in [2.75, 3.05) is 25.4 Å². The largest absolute Gasteiger partial charge is 0.370 e. The molecule has 0 amide bonds. The zero-order valence-corrected chi connectivity index (χ0v) is 11.9. The van der Waals surface area contributed by atoms with E-state index in [2.05, 4.69) is 38.3 Å². The lowest BCUT2D eigenvalue weighted by Crippen LogP contribution is -2.51. The van der Waals surface area contributed by atoms with E-state index in [1.807, 2.05) is 0 Å². The molecule has 0 radical (unpaired) electrons. The predicted molar refractivity (Wildman–Crippen MR) is 73.4 cm³/mol. The smallest absolute Gasteiger partial charge is 0.0757 e. The van der Waals surface area contributed by atoms with Gasteiger partial charge in [0.05, 0.1) is 11.7 Å². The Balaban J connectivity index is 2.16. The maximum atomic E-state index is 5.90. The number of ether oxygens (including phenoxy) is 1. The van der Waals surface area contributed by atoms with Crippen molar-refractivity contribution in [3.8, 4) is 0 Å². The standard InChI is InChI=1S/C13H27NOS/c1-12-10-14(11-13(2,3)15-12)8-6-4-5-7-9-16/h12,16H,4-11H2,1-3H3. The molecule has 16 heavy (non-hydrogen) atoms. The van der Waals surface area contributed by atoms with Crippen molar-refractivity contribution < 1.29 is 4.74 Å². The van der Waals surface area contributed by atoms with Gasteiger partial charge in [0, 0.05) is 13.1 Å². The molecule has 0 saturated carbocycles. The molecule has 0 spiro atoms. The molecule has 0 aliphatic carbocycles. The molecule has 2 nitrogen and oxygen atoms in total. The number of hydrogen-bond donors (Lipinski definition) is 1. The van der Waals surface area contributed by atoms with E-state index in [1.54, 1.807) is 0 Å². The zero-order valence-electron chi connectivity index (χ0n) is 11.0. The van der Waals surface area contributed by atoms with Gasteiger partial charge < -0.3 is 4.74 Å². The molecule has 0 bridgehead atoms. The minimum absolute atomic E-state index is 0.0305. The minimum Gasteiger partial charge on any atom is -0.370 e. The Morgan fingerprint density at radius 3 is 2.56 bits per heavy atom. The van der Waals surface area contributed by atoms with Gasteiger partial charge in [0.1, 0.15) is 0 Å². The van der Waals surface area contributed by atoms with E-state index in [-0.39, 0.29) is 5.60 Å². The van der Waals surface area contributed by atoms with Crippen LogP contribution in [-0.4, -0.2) is 42.0 Å². The predicted octanol–water partition coefficient (Wildman–Crippen LogP) is 2.98. The third-order valence-electron chi connectivity index (χ3n) is 3.02. The molecule has 0 aromatic carbocycles. The van der Waals surface area contributed by atoms with Gasteiger partial charge in [-0.1, -0.05) is 12.8 Å². The molecule has 1 aliphatic rings. The summed E-state index contributed by atoms with van der Waals surface area (Å²) in [7, 11) is 0. The highest BCUT2D eigenvalue weighted by Crippen LogP contribution is 2.21. The van der Waals surface area contributed by atoms with E-state index in [1.165, 1.54) is 32.2 Å². The van der Waals surface area contributed by atoms with Crippen LogP contribution in [0.4, 0.5) is 0 Å². The fraction of sp³-hybridized carbons (Fsp3) is 1.00. The number of unbranched alkanes of at least 4 members (excludes halogenated alkanes) is 3. The van der Waals surface area contributed by atoms with Crippen molar-refractivity contribution in [1.82, 2.24) is 4.90 Å². The maximum Gasteiger partial charge on any atom is 0.0757 e. The fourth-order valence-electron chi connectivity index (χ4n) is 2.56. The number of nitrogens with zero attached hydrogens (tertiary/aromatic N) is 1. The molecular formula is C13H27NOS. The van der Waals surface area contributed by atoms with Gasteiger partial charge in [-0.25, -0.2) is 0 Å². The molecule has 1 saturated heterocycles. The molecule has 1 unspecified atom stereocenters.